The summed E-state index contributed by atoms with van der Waals surface area (Å²) in [6, 6.07) is 10.2. The van der Waals surface area contributed by atoms with E-state index in [-0.39, 0.29) is 5.41 Å². The molecule has 0 atom stereocenters. The fourth-order valence-electron chi connectivity index (χ4n) is 3.17. The Bertz CT molecular complexity index is 803. The van der Waals surface area contributed by atoms with E-state index in [0.29, 0.717) is 5.89 Å². The van der Waals surface area contributed by atoms with Gasteiger partial charge in [-0.1, -0.05) is 32.9 Å². The van der Waals surface area contributed by atoms with E-state index in [1.165, 1.54) is 11.4 Å². The highest BCUT2D eigenvalue weighted by Gasteiger charge is 2.24. The van der Waals surface area contributed by atoms with E-state index in [4.69, 9.17) is 4.42 Å². The minimum Gasteiger partial charge on any atom is -0.436 e. The van der Waals surface area contributed by atoms with Crippen LogP contribution >= 0.6 is 0 Å². The van der Waals surface area contributed by atoms with Crippen LogP contribution in [0.15, 0.2) is 34.7 Å². The molecule has 0 aliphatic rings. The van der Waals surface area contributed by atoms with Crippen molar-refractivity contribution >= 4 is 11.1 Å². The molecule has 128 valence electrons. The predicted octanol–water partition coefficient (Wildman–Crippen LogP) is 4.51. The number of hydrogen-bond donors (Lipinski definition) is 1. The van der Waals surface area contributed by atoms with Gasteiger partial charge in [0.2, 0.25) is 5.89 Å². The first kappa shape index (κ1) is 16.8. The molecule has 3 aromatic rings. The summed E-state index contributed by atoms with van der Waals surface area (Å²) in [6.45, 7) is 10.9. The minimum absolute atomic E-state index is 0.0780. The molecule has 4 nitrogen and oxygen atoms in total. The van der Waals surface area contributed by atoms with E-state index in [1.807, 2.05) is 31.3 Å². The van der Waals surface area contributed by atoms with Gasteiger partial charge >= 0.3 is 0 Å². The van der Waals surface area contributed by atoms with Gasteiger partial charge in [-0.05, 0) is 45.1 Å². The van der Waals surface area contributed by atoms with Gasteiger partial charge in [0.05, 0.1) is 5.56 Å². The Labute approximate surface area is 143 Å². The molecule has 2 heterocycles. The van der Waals surface area contributed by atoms with Crippen molar-refractivity contribution in [3.63, 3.8) is 0 Å². The number of nitrogens with zero attached hydrogens (tertiary/aromatic N) is 2. The third-order valence-electron chi connectivity index (χ3n) is 4.47. The van der Waals surface area contributed by atoms with Crippen molar-refractivity contribution in [1.29, 1.82) is 0 Å². The first-order chi connectivity index (χ1) is 11.4. The van der Waals surface area contributed by atoms with Crippen LogP contribution in [0.4, 0.5) is 0 Å². The van der Waals surface area contributed by atoms with Crippen molar-refractivity contribution in [3.8, 4) is 11.5 Å². The van der Waals surface area contributed by atoms with Gasteiger partial charge in [0.1, 0.15) is 5.52 Å². The number of benzene rings is 1. The Morgan fingerprint density at radius 3 is 2.62 bits per heavy atom. The maximum Gasteiger partial charge on any atom is 0.229 e. The largest absolute Gasteiger partial charge is 0.436 e. The summed E-state index contributed by atoms with van der Waals surface area (Å²) >= 11 is 0. The second kappa shape index (κ2) is 6.44. The van der Waals surface area contributed by atoms with Gasteiger partial charge in [-0.15, -0.1) is 0 Å². The van der Waals surface area contributed by atoms with Crippen LogP contribution in [0.25, 0.3) is 22.6 Å². The van der Waals surface area contributed by atoms with Crippen molar-refractivity contribution in [2.75, 3.05) is 13.6 Å². The lowest BCUT2D eigenvalue weighted by atomic mass is 9.92. The van der Waals surface area contributed by atoms with Gasteiger partial charge in [0.15, 0.2) is 5.58 Å². The quantitative estimate of drug-likeness (QED) is 0.702. The maximum atomic E-state index is 6.00. The van der Waals surface area contributed by atoms with Gasteiger partial charge < -0.3 is 14.3 Å². The maximum absolute atomic E-state index is 6.00. The standard InChI is InChI=1S/C20H27N3O/c1-14-15(19-22-16-9-6-7-10-17(16)24-19)13-18(20(2,3)4)23(14)12-8-11-21-5/h6-7,9-10,13,21H,8,11-12H2,1-5H3. The highest BCUT2D eigenvalue weighted by molar-refractivity contribution is 5.76. The third kappa shape index (κ3) is 3.11. The van der Waals surface area contributed by atoms with Crippen LogP contribution in [0.1, 0.15) is 38.6 Å². The second-order valence-electron chi connectivity index (χ2n) is 7.37. The normalized spacial score (nSPS) is 12.2. The molecule has 4 heteroatoms. The molecule has 0 saturated heterocycles. The van der Waals surface area contributed by atoms with E-state index in [9.17, 15) is 0 Å². The van der Waals surface area contributed by atoms with Crippen LogP contribution in [0.3, 0.4) is 0 Å². The zero-order chi connectivity index (χ0) is 17.3. The van der Waals surface area contributed by atoms with E-state index < -0.39 is 0 Å². The van der Waals surface area contributed by atoms with E-state index >= 15 is 0 Å². The lowest BCUT2D eigenvalue weighted by molar-refractivity contribution is 0.498. The summed E-state index contributed by atoms with van der Waals surface area (Å²) in [5.74, 6) is 0.714. The molecule has 24 heavy (non-hydrogen) atoms. The van der Waals surface area contributed by atoms with E-state index in [2.05, 4.69) is 48.6 Å². The Morgan fingerprint density at radius 2 is 1.96 bits per heavy atom. The molecule has 0 aliphatic carbocycles. The summed E-state index contributed by atoms with van der Waals surface area (Å²) in [5, 5.41) is 3.23. The molecular weight excluding hydrogens is 298 g/mol. The first-order valence-corrected chi connectivity index (χ1v) is 8.63. The van der Waals surface area contributed by atoms with Gasteiger partial charge in [-0.25, -0.2) is 4.98 Å². The Hall–Kier alpha value is -2.07. The van der Waals surface area contributed by atoms with Crippen LogP contribution in [-0.2, 0) is 12.0 Å². The monoisotopic (exact) mass is 325 g/mol. The number of oxazole rings is 1. The summed E-state index contributed by atoms with van der Waals surface area (Å²) in [6.07, 6.45) is 1.10. The molecule has 0 unspecified atom stereocenters. The average molecular weight is 325 g/mol. The molecule has 0 aliphatic heterocycles. The van der Waals surface area contributed by atoms with E-state index in [1.54, 1.807) is 0 Å². The number of aromatic nitrogens is 2. The summed E-state index contributed by atoms with van der Waals surface area (Å²) in [4.78, 5) is 4.68. The highest BCUT2D eigenvalue weighted by atomic mass is 16.3. The van der Waals surface area contributed by atoms with Crippen molar-refractivity contribution in [1.82, 2.24) is 14.9 Å². The molecule has 2 aromatic heterocycles. The molecule has 1 aromatic carbocycles. The van der Waals surface area contributed by atoms with Crippen LogP contribution in [0.2, 0.25) is 0 Å². The molecule has 0 radical (unpaired) electrons. The molecule has 1 N–H and O–H groups in total. The first-order valence-electron chi connectivity index (χ1n) is 8.63. The molecule has 0 amide bonds. The number of rotatable bonds is 5. The van der Waals surface area contributed by atoms with Gasteiger partial charge in [-0.2, -0.15) is 0 Å². The predicted molar refractivity (Wildman–Crippen MR) is 99.4 cm³/mol. The number of nitrogens with one attached hydrogen (secondary N) is 1. The summed E-state index contributed by atoms with van der Waals surface area (Å²) in [5.41, 5.74) is 5.48. The van der Waals surface area contributed by atoms with Crippen molar-refractivity contribution in [3.05, 3.63) is 41.7 Å². The number of para-hydroxylation sites is 2. The van der Waals surface area contributed by atoms with Crippen molar-refractivity contribution in [2.45, 2.75) is 46.1 Å². The third-order valence-corrected chi connectivity index (χ3v) is 4.47. The lowest BCUT2D eigenvalue weighted by Gasteiger charge is -2.22. The smallest absolute Gasteiger partial charge is 0.229 e. The molecule has 0 spiro atoms. The number of hydrogen-bond acceptors (Lipinski definition) is 3. The summed E-state index contributed by atoms with van der Waals surface area (Å²) in [7, 11) is 2.00. The van der Waals surface area contributed by atoms with E-state index in [0.717, 1.165) is 36.2 Å². The van der Waals surface area contributed by atoms with Gasteiger partial charge in [0.25, 0.3) is 0 Å². The fraction of sp³-hybridized carbons (Fsp3) is 0.450. The topological polar surface area (TPSA) is 43.0 Å². The lowest BCUT2D eigenvalue weighted by Crippen LogP contribution is -2.20. The zero-order valence-corrected chi connectivity index (χ0v) is 15.3. The molecule has 0 saturated carbocycles. The van der Waals surface area contributed by atoms with Crippen LogP contribution in [0.5, 0.6) is 0 Å². The fourth-order valence-corrected chi connectivity index (χ4v) is 3.17. The zero-order valence-electron chi connectivity index (χ0n) is 15.3. The molecule has 0 fully saturated rings. The number of fused-ring (bicyclic) bond motifs is 1. The van der Waals surface area contributed by atoms with Crippen LogP contribution in [-0.4, -0.2) is 23.1 Å². The molecule has 3 rings (SSSR count). The average Bonchev–Trinajstić information content (AvgIpc) is 3.08. The molecular formula is C20H27N3O. The Balaban J connectivity index is 2.07. The van der Waals surface area contributed by atoms with Crippen molar-refractivity contribution in [2.24, 2.45) is 0 Å². The minimum atomic E-state index is 0.0780. The Morgan fingerprint density at radius 1 is 1.21 bits per heavy atom. The Kier molecular flexibility index (Phi) is 4.50. The van der Waals surface area contributed by atoms with Gasteiger partial charge in [-0.3, -0.25) is 0 Å². The SMILES string of the molecule is CNCCCn1c(C(C)(C)C)cc(-c2nc3ccccc3o2)c1C. The van der Waals surface area contributed by atoms with Gasteiger partial charge in [0, 0.05) is 23.3 Å². The van der Waals surface area contributed by atoms with Crippen molar-refractivity contribution < 1.29 is 4.42 Å². The van der Waals surface area contributed by atoms with Crippen LogP contribution < -0.4 is 5.32 Å². The summed E-state index contributed by atoms with van der Waals surface area (Å²) < 4.78 is 8.42. The molecule has 0 bridgehead atoms. The second-order valence-corrected chi connectivity index (χ2v) is 7.37. The van der Waals surface area contributed by atoms with Crippen LogP contribution in [0, 0.1) is 6.92 Å². The highest BCUT2D eigenvalue weighted by Crippen LogP contribution is 2.34.